The Bertz CT molecular complexity index is 361. The SMILES string of the molecule is O=C(O)c1cc(NC2CCOC2)ccn1. The van der Waals surface area contributed by atoms with E-state index >= 15 is 0 Å². The van der Waals surface area contributed by atoms with Crippen molar-refractivity contribution in [2.24, 2.45) is 0 Å². The van der Waals surface area contributed by atoms with Gasteiger partial charge in [-0.3, -0.25) is 0 Å². The number of hydrogen-bond donors (Lipinski definition) is 2. The Kier molecular flexibility index (Phi) is 2.82. The van der Waals surface area contributed by atoms with Gasteiger partial charge in [0.25, 0.3) is 0 Å². The van der Waals surface area contributed by atoms with E-state index in [1.165, 1.54) is 12.3 Å². The molecule has 0 amide bonds. The monoisotopic (exact) mass is 208 g/mol. The summed E-state index contributed by atoms with van der Waals surface area (Å²) >= 11 is 0. The summed E-state index contributed by atoms with van der Waals surface area (Å²) in [4.78, 5) is 14.4. The van der Waals surface area contributed by atoms with E-state index in [0.29, 0.717) is 6.61 Å². The Hall–Kier alpha value is -1.62. The van der Waals surface area contributed by atoms with Crippen molar-refractivity contribution in [2.75, 3.05) is 18.5 Å². The quantitative estimate of drug-likeness (QED) is 0.774. The zero-order chi connectivity index (χ0) is 10.7. The molecule has 0 saturated carbocycles. The first kappa shape index (κ1) is 9.92. The average molecular weight is 208 g/mol. The molecule has 5 heteroatoms. The molecule has 1 fully saturated rings. The minimum atomic E-state index is -1.01. The van der Waals surface area contributed by atoms with Gasteiger partial charge in [-0.2, -0.15) is 0 Å². The average Bonchev–Trinajstić information content (AvgIpc) is 2.71. The van der Waals surface area contributed by atoms with Gasteiger partial charge in [0.2, 0.25) is 0 Å². The molecule has 1 atom stereocenters. The first-order valence-electron chi connectivity index (χ1n) is 4.79. The molecule has 1 unspecified atom stereocenters. The molecule has 2 rings (SSSR count). The van der Waals surface area contributed by atoms with Crippen molar-refractivity contribution >= 4 is 11.7 Å². The number of nitrogens with zero attached hydrogens (tertiary/aromatic N) is 1. The van der Waals surface area contributed by atoms with Crippen LogP contribution in [0.1, 0.15) is 16.9 Å². The second-order valence-corrected chi connectivity index (χ2v) is 3.44. The summed E-state index contributed by atoms with van der Waals surface area (Å²) in [5, 5.41) is 12.0. The van der Waals surface area contributed by atoms with Gasteiger partial charge < -0.3 is 15.2 Å². The predicted molar refractivity (Wildman–Crippen MR) is 54.0 cm³/mol. The Morgan fingerprint density at radius 2 is 2.53 bits per heavy atom. The third kappa shape index (κ3) is 2.44. The predicted octanol–water partition coefficient (Wildman–Crippen LogP) is 0.981. The summed E-state index contributed by atoms with van der Waals surface area (Å²) in [6.45, 7) is 1.43. The largest absolute Gasteiger partial charge is 0.477 e. The highest BCUT2D eigenvalue weighted by Gasteiger charge is 2.15. The van der Waals surface area contributed by atoms with Crippen LogP contribution in [-0.4, -0.2) is 35.3 Å². The van der Waals surface area contributed by atoms with Gasteiger partial charge in [0.15, 0.2) is 0 Å². The van der Waals surface area contributed by atoms with Crippen molar-refractivity contribution in [3.05, 3.63) is 24.0 Å². The third-order valence-corrected chi connectivity index (χ3v) is 2.28. The Morgan fingerprint density at radius 3 is 3.20 bits per heavy atom. The number of anilines is 1. The topological polar surface area (TPSA) is 71.5 Å². The number of ether oxygens (including phenoxy) is 1. The fraction of sp³-hybridized carbons (Fsp3) is 0.400. The smallest absolute Gasteiger partial charge is 0.354 e. The molecule has 0 aromatic carbocycles. The van der Waals surface area contributed by atoms with Crippen LogP contribution < -0.4 is 5.32 Å². The minimum absolute atomic E-state index is 0.0546. The highest BCUT2D eigenvalue weighted by molar-refractivity contribution is 5.86. The minimum Gasteiger partial charge on any atom is -0.477 e. The van der Waals surface area contributed by atoms with Gasteiger partial charge in [-0.15, -0.1) is 0 Å². The number of carboxylic acids is 1. The van der Waals surface area contributed by atoms with Gasteiger partial charge >= 0.3 is 5.97 Å². The molecule has 1 aliphatic rings. The zero-order valence-electron chi connectivity index (χ0n) is 8.14. The van der Waals surface area contributed by atoms with Crippen molar-refractivity contribution in [1.29, 1.82) is 0 Å². The van der Waals surface area contributed by atoms with Gasteiger partial charge in [-0.25, -0.2) is 9.78 Å². The number of nitrogens with one attached hydrogen (secondary N) is 1. The summed E-state index contributed by atoms with van der Waals surface area (Å²) < 4.78 is 5.21. The molecule has 15 heavy (non-hydrogen) atoms. The van der Waals surface area contributed by atoms with Crippen LogP contribution in [0.15, 0.2) is 18.3 Å². The standard InChI is InChI=1S/C10H12N2O3/c13-10(14)9-5-7(1-3-11-9)12-8-2-4-15-6-8/h1,3,5,8H,2,4,6H2,(H,11,12)(H,13,14). The Morgan fingerprint density at radius 1 is 1.67 bits per heavy atom. The van der Waals surface area contributed by atoms with E-state index in [4.69, 9.17) is 9.84 Å². The van der Waals surface area contributed by atoms with Crippen LogP contribution in [0.5, 0.6) is 0 Å². The van der Waals surface area contributed by atoms with E-state index < -0.39 is 5.97 Å². The summed E-state index contributed by atoms with van der Waals surface area (Å²) in [6, 6.07) is 3.56. The number of carboxylic acid groups (broad SMARTS) is 1. The molecule has 0 spiro atoms. The van der Waals surface area contributed by atoms with E-state index in [2.05, 4.69) is 10.3 Å². The van der Waals surface area contributed by atoms with E-state index in [-0.39, 0.29) is 11.7 Å². The van der Waals surface area contributed by atoms with Crippen molar-refractivity contribution in [3.63, 3.8) is 0 Å². The molecule has 0 aliphatic carbocycles. The number of hydrogen-bond acceptors (Lipinski definition) is 4. The molecular weight excluding hydrogens is 196 g/mol. The summed E-state index contributed by atoms with van der Waals surface area (Å²) in [7, 11) is 0. The van der Waals surface area contributed by atoms with E-state index in [0.717, 1.165) is 18.7 Å². The van der Waals surface area contributed by atoms with Crippen LogP contribution in [0, 0.1) is 0 Å². The van der Waals surface area contributed by atoms with Gasteiger partial charge in [-0.05, 0) is 18.6 Å². The lowest BCUT2D eigenvalue weighted by molar-refractivity contribution is 0.0690. The third-order valence-electron chi connectivity index (χ3n) is 2.28. The lowest BCUT2D eigenvalue weighted by atomic mass is 10.2. The number of pyridine rings is 1. The van der Waals surface area contributed by atoms with Crippen molar-refractivity contribution in [3.8, 4) is 0 Å². The molecule has 2 N–H and O–H groups in total. The lowest BCUT2D eigenvalue weighted by Crippen LogP contribution is -2.19. The van der Waals surface area contributed by atoms with Crippen LogP contribution in [0.3, 0.4) is 0 Å². The number of aromatic carboxylic acids is 1. The summed E-state index contributed by atoms with van der Waals surface area (Å²) in [5.74, 6) is -1.01. The van der Waals surface area contributed by atoms with Gasteiger partial charge in [0.1, 0.15) is 5.69 Å². The first-order valence-corrected chi connectivity index (χ1v) is 4.79. The van der Waals surface area contributed by atoms with E-state index in [1.807, 2.05) is 0 Å². The molecule has 1 aromatic heterocycles. The summed E-state index contributed by atoms with van der Waals surface area (Å²) in [5.41, 5.74) is 0.830. The Labute approximate surface area is 87.1 Å². The normalized spacial score (nSPS) is 20.1. The second kappa shape index (κ2) is 4.27. The molecular formula is C10H12N2O3. The molecule has 1 saturated heterocycles. The van der Waals surface area contributed by atoms with Crippen molar-refractivity contribution in [2.45, 2.75) is 12.5 Å². The fourth-order valence-electron chi connectivity index (χ4n) is 1.52. The molecule has 1 aromatic rings. The fourth-order valence-corrected chi connectivity index (χ4v) is 1.52. The second-order valence-electron chi connectivity index (χ2n) is 3.44. The van der Waals surface area contributed by atoms with E-state index in [9.17, 15) is 4.79 Å². The zero-order valence-corrected chi connectivity index (χ0v) is 8.14. The maximum Gasteiger partial charge on any atom is 0.354 e. The van der Waals surface area contributed by atoms with Gasteiger partial charge in [0.05, 0.1) is 12.6 Å². The highest BCUT2D eigenvalue weighted by Crippen LogP contribution is 2.14. The van der Waals surface area contributed by atoms with Gasteiger partial charge in [0, 0.05) is 18.5 Å². The molecule has 2 heterocycles. The highest BCUT2D eigenvalue weighted by atomic mass is 16.5. The molecule has 0 radical (unpaired) electrons. The molecule has 80 valence electrons. The molecule has 1 aliphatic heterocycles. The lowest BCUT2D eigenvalue weighted by Gasteiger charge is -2.11. The van der Waals surface area contributed by atoms with Crippen LogP contribution >= 0.6 is 0 Å². The number of aromatic nitrogens is 1. The van der Waals surface area contributed by atoms with Crippen LogP contribution in [-0.2, 0) is 4.74 Å². The van der Waals surface area contributed by atoms with E-state index in [1.54, 1.807) is 6.07 Å². The van der Waals surface area contributed by atoms with Crippen LogP contribution in [0.4, 0.5) is 5.69 Å². The number of carbonyl (C=O) groups is 1. The van der Waals surface area contributed by atoms with Crippen molar-refractivity contribution in [1.82, 2.24) is 4.98 Å². The first-order chi connectivity index (χ1) is 7.25. The number of rotatable bonds is 3. The van der Waals surface area contributed by atoms with Crippen LogP contribution in [0.25, 0.3) is 0 Å². The summed E-state index contributed by atoms with van der Waals surface area (Å²) in [6.07, 6.45) is 2.44. The van der Waals surface area contributed by atoms with Crippen molar-refractivity contribution < 1.29 is 14.6 Å². The van der Waals surface area contributed by atoms with Crippen LogP contribution in [0.2, 0.25) is 0 Å². The molecule has 0 bridgehead atoms. The maximum atomic E-state index is 10.7. The molecule has 5 nitrogen and oxygen atoms in total. The Balaban J connectivity index is 2.07. The maximum absolute atomic E-state index is 10.7. The van der Waals surface area contributed by atoms with Gasteiger partial charge in [-0.1, -0.05) is 0 Å².